The van der Waals surface area contributed by atoms with Gasteiger partial charge >= 0.3 is 0 Å². The Bertz CT molecular complexity index is 617. The van der Waals surface area contributed by atoms with Crippen molar-refractivity contribution in [3.8, 4) is 6.07 Å². The number of carbonyl (C=O) groups is 1. The van der Waals surface area contributed by atoms with Gasteiger partial charge in [0.25, 0.3) is 5.91 Å². The van der Waals surface area contributed by atoms with Crippen molar-refractivity contribution < 1.29 is 4.79 Å². The molecule has 0 aliphatic heterocycles. The second kappa shape index (κ2) is 6.95. The monoisotopic (exact) mass is 265 g/mol. The van der Waals surface area contributed by atoms with Gasteiger partial charge in [-0.3, -0.25) is 4.79 Å². The first kappa shape index (κ1) is 13.6. The van der Waals surface area contributed by atoms with Crippen LogP contribution in [0.1, 0.15) is 16.8 Å². The Morgan fingerprint density at radius 3 is 2.55 bits per heavy atom. The number of hydrogen-bond donors (Lipinski definition) is 2. The quantitative estimate of drug-likeness (QED) is 0.815. The minimum atomic E-state index is -0.139. The maximum absolute atomic E-state index is 12.0. The number of nitriles is 1. The molecule has 0 bridgehead atoms. The molecule has 4 heteroatoms. The molecule has 2 rings (SSSR count). The molecule has 0 saturated heterocycles. The summed E-state index contributed by atoms with van der Waals surface area (Å²) in [5.74, 6) is -0.139. The second-order valence-electron chi connectivity index (χ2n) is 4.24. The van der Waals surface area contributed by atoms with Gasteiger partial charge in [0, 0.05) is 23.5 Å². The predicted octanol–water partition coefficient (Wildman–Crippen LogP) is 3.26. The van der Waals surface area contributed by atoms with Gasteiger partial charge in [0.15, 0.2) is 0 Å². The molecule has 2 aromatic rings. The van der Waals surface area contributed by atoms with Gasteiger partial charge in [-0.15, -0.1) is 0 Å². The Hall–Kier alpha value is -2.80. The molecule has 0 heterocycles. The number of nitrogens with one attached hydrogen (secondary N) is 2. The molecule has 0 unspecified atom stereocenters. The summed E-state index contributed by atoms with van der Waals surface area (Å²) in [7, 11) is 0. The Kier molecular flexibility index (Phi) is 4.74. The summed E-state index contributed by atoms with van der Waals surface area (Å²) in [5, 5.41) is 14.5. The third-order valence-electron chi connectivity index (χ3n) is 2.72. The molecule has 0 saturated carbocycles. The summed E-state index contributed by atoms with van der Waals surface area (Å²) in [6.07, 6.45) is 0.445. The van der Waals surface area contributed by atoms with Crippen molar-refractivity contribution >= 4 is 17.3 Å². The van der Waals surface area contributed by atoms with E-state index in [0.717, 1.165) is 11.4 Å². The molecular weight excluding hydrogens is 250 g/mol. The highest BCUT2D eigenvalue weighted by Crippen LogP contribution is 2.16. The average molecular weight is 265 g/mol. The van der Waals surface area contributed by atoms with Gasteiger partial charge in [-0.1, -0.05) is 24.3 Å². The fourth-order valence-corrected chi connectivity index (χ4v) is 1.76. The summed E-state index contributed by atoms with van der Waals surface area (Å²) in [6.45, 7) is 0.590. The number of amides is 1. The lowest BCUT2D eigenvalue weighted by atomic mass is 10.2. The maximum Gasteiger partial charge on any atom is 0.255 e. The normalized spacial score (nSPS) is 9.55. The van der Waals surface area contributed by atoms with Crippen molar-refractivity contribution in [3.63, 3.8) is 0 Å². The molecule has 0 aliphatic carbocycles. The van der Waals surface area contributed by atoms with E-state index in [-0.39, 0.29) is 5.91 Å². The smallest absolute Gasteiger partial charge is 0.255 e. The van der Waals surface area contributed by atoms with Crippen molar-refractivity contribution in [3.05, 3.63) is 60.2 Å². The second-order valence-corrected chi connectivity index (χ2v) is 4.24. The Morgan fingerprint density at radius 1 is 1.05 bits per heavy atom. The van der Waals surface area contributed by atoms with E-state index in [1.54, 1.807) is 12.1 Å². The lowest BCUT2D eigenvalue weighted by Crippen LogP contribution is -2.11. The summed E-state index contributed by atoms with van der Waals surface area (Å²) in [4.78, 5) is 12.0. The molecule has 0 aromatic heterocycles. The molecular formula is C16H15N3O. The van der Waals surface area contributed by atoms with Gasteiger partial charge in [-0.2, -0.15) is 5.26 Å². The van der Waals surface area contributed by atoms with Crippen molar-refractivity contribution in [2.45, 2.75) is 6.42 Å². The van der Waals surface area contributed by atoms with E-state index in [1.807, 2.05) is 42.5 Å². The third-order valence-corrected chi connectivity index (χ3v) is 2.72. The first-order valence-corrected chi connectivity index (χ1v) is 6.37. The van der Waals surface area contributed by atoms with Crippen molar-refractivity contribution in [1.82, 2.24) is 0 Å². The Balaban J connectivity index is 2.01. The molecule has 0 atom stereocenters. The van der Waals surface area contributed by atoms with Crippen molar-refractivity contribution in [2.75, 3.05) is 17.2 Å². The molecule has 2 aromatic carbocycles. The van der Waals surface area contributed by atoms with Crippen molar-refractivity contribution in [2.24, 2.45) is 0 Å². The number of carbonyl (C=O) groups excluding carboxylic acids is 1. The SMILES string of the molecule is N#CCCNc1cccc(NC(=O)c2ccccc2)c1. The van der Waals surface area contributed by atoms with E-state index >= 15 is 0 Å². The predicted molar refractivity (Wildman–Crippen MR) is 79.6 cm³/mol. The van der Waals surface area contributed by atoms with Crippen LogP contribution >= 0.6 is 0 Å². The highest BCUT2D eigenvalue weighted by Gasteiger charge is 2.05. The van der Waals surface area contributed by atoms with Gasteiger partial charge in [-0.25, -0.2) is 0 Å². The average Bonchev–Trinajstić information content (AvgIpc) is 2.49. The molecule has 2 N–H and O–H groups in total. The fraction of sp³-hybridized carbons (Fsp3) is 0.125. The van der Waals surface area contributed by atoms with E-state index in [4.69, 9.17) is 5.26 Å². The zero-order chi connectivity index (χ0) is 14.2. The molecule has 0 aliphatic rings. The molecule has 4 nitrogen and oxygen atoms in total. The van der Waals surface area contributed by atoms with Crippen LogP contribution in [0.2, 0.25) is 0 Å². The number of rotatable bonds is 5. The van der Waals surface area contributed by atoms with Crippen LogP contribution in [-0.2, 0) is 0 Å². The van der Waals surface area contributed by atoms with E-state index in [2.05, 4.69) is 16.7 Å². The van der Waals surface area contributed by atoms with Crippen LogP contribution in [0.25, 0.3) is 0 Å². The lowest BCUT2D eigenvalue weighted by Gasteiger charge is -2.08. The lowest BCUT2D eigenvalue weighted by molar-refractivity contribution is 0.102. The molecule has 1 amide bonds. The Morgan fingerprint density at radius 2 is 1.80 bits per heavy atom. The van der Waals surface area contributed by atoms with Gasteiger partial charge in [-0.05, 0) is 30.3 Å². The van der Waals surface area contributed by atoms with Crippen LogP contribution in [0.3, 0.4) is 0 Å². The highest BCUT2D eigenvalue weighted by atomic mass is 16.1. The highest BCUT2D eigenvalue weighted by molar-refractivity contribution is 6.04. The summed E-state index contributed by atoms with van der Waals surface area (Å²) < 4.78 is 0. The molecule has 0 radical (unpaired) electrons. The summed E-state index contributed by atoms with van der Waals surface area (Å²) in [6, 6.07) is 18.6. The maximum atomic E-state index is 12.0. The largest absolute Gasteiger partial charge is 0.384 e. The van der Waals surface area contributed by atoms with E-state index in [0.29, 0.717) is 18.5 Å². The molecule has 20 heavy (non-hydrogen) atoms. The van der Waals surface area contributed by atoms with Gasteiger partial charge in [0.05, 0.1) is 12.5 Å². The standard InChI is InChI=1S/C16H15N3O/c17-10-5-11-18-14-8-4-9-15(12-14)19-16(20)13-6-2-1-3-7-13/h1-4,6-9,12,18H,5,11H2,(H,19,20). The Labute approximate surface area is 118 Å². The van der Waals surface area contributed by atoms with E-state index in [9.17, 15) is 4.79 Å². The fourth-order valence-electron chi connectivity index (χ4n) is 1.76. The minimum absolute atomic E-state index is 0.139. The van der Waals surface area contributed by atoms with Crippen LogP contribution in [0.5, 0.6) is 0 Å². The van der Waals surface area contributed by atoms with Crippen LogP contribution in [-0.4, -0.2) is 12.5 Å². The first-order chi connectivity index (χ1) is 9.79. The van der Waals surface area contributed by atoms with Crippen LogP contribution in [0.15, 0.2) is 54.6 Å². The van der Waals surface area contributed by atoms with Crippen LogP contribution in [0, 0.1) is 11.3 Å². The molecule has 0 fully saturated rings. The first-order valence-electron chi connectivity index (χ1n) is 6.37. The summed E-state index contributed by atoms with van der Waals surface area (Å²) >= 11 is 0. The molecule has 100 valence electrons. The molecule has 0 spiro atoms. The number of benzene rings is 2. The van der Waals surface area contributed by atoms with Crippen LogP contribution < -0.4 is 10.6 Å². The van der Waals surface area contributed by atoms with E-state index < -0.39 is 0 Å². The zero-order valence-electron chi connectivity index (χ0n) is 11.0. The summed E-state index contributed by atoms with van der Waals surface area (Å²) in [5.41, 5.74) is 2.22. The van der Waals surface area contributed by atoms with Gasteiger partial charge < -0.3 is 10.6 Å². The van der Waals surface area contributed by atoms with E-state index in [1.165, 1.54) is 0 Å². The zero-order valence-corrected chi connectivity index (χ0v) is 11.0. The topological polar surface area (TPSA) is 64.9 Å². The van der Waals surface area contributed by atoms with Crippen LogP contribution in [0.4, 0.5) is 11.4 Å². The number of nitrogens with zero attached hydrogens (tertiary/aromatic N) is 1. The third kappa shape index (κ3) is 3.85. The number of anilines is 2. The van der Waals surface area contributed by atoms with Gasteiger partial charge in [0.1, 0.15) is 0 Å². The minimum Gasteiger partial charge on any atom is -0.384 e. The van der Waals surface area contributed by atoms with Gasteiger partial charge in [0.2, 0.25) is 0 Å². The number of hydrogen-bond acceptors (Lipinski definition) is 3. The van der Waals surface area contributed by atoms with Crippen molar-refractivity contribution in [1.29, 1.82) is 5.26 Å².